The van der Waals surface area contributed by atoms with Crippen LogP contribution in [0.2, 0.25) is 0 Å². The molecule has 0 fully saturated rings. The highest BCUT2D eigenvalue weighted by Gasteiger charge is 2.07. The Balaban J connectivity index is 3.25. The molecule has 0 radical (unpaired) electrons. The van der Waals surface area contributed by atoms with Gasteiger partial charge in [-0.15, -0.1) is 0 Å². The SMILES string of the molecule is N#Cc1ccc(C(N)=O)c(CBr)c1. The smallest absolute Gasteiger partial charge is 0.249 e. The van der Waals surface area contributed by atoms with E-state index in [-0.39, 0.29) is 0 Å². The number of primary amides is 1. The van der Waals surface area contributed by atoms with Crippen molar-refractivity contribution < 1.29 is 4.79 Å². The number of halogens is 1. The van der Waals surface area contributed by atoms with Gasteiger partial charge in [0, 0.05) is 10.9 Å². The molecule has 0 aliphatic carbocycles. The van der Waals surface area contributed by atoms with Crippen LogP contribution in [0, 0.1) is 11.3 Å². The third-order valence-corrected chi connectivity index (χ3v) is 2.25. The normalized spacial score (nSPS) is 9.23. The lowest BCUT2D eigenvalue weighted by Gasteiger charge is -2.02. The third-order valence-electron chi connectivity index (χ3n) is 1.64. The van der Waals surface area contributed by atoms with Crippen molar-refractivity contribution in [3.63, 3.8) is 0 Å². The van der Waals surface area contributed by atoms with Crippen molar-refractivity contribution >= 4 is 21.8 Å². The van der Waals surface area contributed by atoms with E-state index < -0.39 is 5.91 Å². The van der Waals surface area contributed by atoms with Crippen molar-refractivity contribution in [2.45, 2.75) is 5.33 Å². The fourth-order valence-corrected chi connectivity index (χ4v) is 1.48. The molecule has 0 heterocycles. The minimum absolute atomic E-state index is 0.455. The van der Waals surface area contributed by atoms with E-state index in [9.17, 15) is 4.79 Å². The molecule has 1 aromatic rings. The summed E-state index contributed by atoms with van der Waals surface area (Å²) in [5.41, 5.74) is 6.86. The second-order valence-corrected chi connectivity index (χ2v) is 3.04. The van der Waals surface area contributed by atoms with Crippen LogP contribution in [0.3, 0.4) is 0 Å². The fourth-order valence-electron chi connectivity index (χ4n) is 1.01. The summed E-state index contributed by atoms with van der Waals surface area (Å²) in [5, 5.41) is 9.12. The van der Waals surface area contributed by atoms with Gasteiger partial charge in [0.2, 0.25) is 5.91 Å². The van der Waals surface area contributed by atoms with E-state index >= 15 is 0 Å². The van der Waals surface area contributed by atoms with Gasteiger partial charge in [0.05, 0.1) is 11.6 Å². The highest BCUT2D eigenvalue weighted by atomic mass is 79.9. The van der Waals surface area contributed by atoms with Crippen molar-refractivity contribution in [3.05, 3.63) is 34.9 Å². The second kappa shape index (κ2) is 4.06. The lowest BCUT2D eigenvalue weighted by Crippen LogP contribution is -2.13. The van der Waals surface area contributed by atoms with Gasteiger partial charge in [0.1, 0.15) is 0 Å². The standard InChI is InChI=1S/C9H7BrN2O/c10-4-7-3-6(5-11)1-2-8(7)9(12)13/h1-3H,4H2,(H2,12,13). The quantitative estimate of drug-likeness (QED) is 0.795. The molecule has 0 saturated carbocycles. The summed E-state index contributed by atoms with van der Waals surface area (Å²) in [6.07, 6.45) is 0. The predicted octanol–water partition coefficient (Wildman–Crippen LogP) is 1.55. The molecule has 0 spiro atoms. The average Bonchev–Trinajstić information content (AvgIpc) is 2.16. The first-order valence-corrected chi connectivity index (χ1v) is 4.70. The molecule has 0 bridgehead atoms. The predicted molar refractivity (Wildman–Crippen MR) is 52.3 cm³/mol. The van der Waals surface area contributed by atoms with Crippen LogP contribution in [0.5, 0.6) is 0 Å². The summed E-state index contributed by atoms with van der Waals surface area (Å²) < 4.78 is 0. The lowest BCUT2D eigenvalue weighted by atomic mass is 10.1. The van der Waals surface area contributed by atoms with E-state index in [1.54, 1.807) is 18.2 Å². The zero-order valence-electron chi connectivity index (χ0n) is 6.75. The number of benzene rings is 1. The van der Waals surface area contributed by atoms with E-state index in [1.165, 1.54) is 0 Å². The second-order valence-electron chi connectivity index (χ2n) is 2.48. The fraction of sp³-hybridized carbons (Fsp3) is 0.111. The number of nitriles is 1. The molecule has 66 valence electrons. The molecule has 0 unspecified atom stereocenters. The Kier molecular flexibility index (Phi) is 3.04. The number of nitrogens with zero attached hydrogens (tertiary/aromatic N) is 1. The summed E-state index contributed by atoms with van der Waals surface area (Å²) in [4.78, 5) is 10.9. The van der Waals surface area contributed by atoms with E-state index in [0.717, 1.165) is 5.56 Å². The summed E-state index contributed by atoms with van der Waals surface area (Å²) >= 11 is 3.22. The van der Waals surface area contributed by atoms with Gasteiger partial charge >= 0.3 is 0 Å². The number of carbonyl (C=O) groups is 1. The van der Waals surface area contributed by atoms with E-state index in [1.807, 2.05) is 6.07 Å². The van der Waals surface area contributed by atoms with Gasteiger partial charge in [-0.05, 0) is 23.8 Å². The molecule has 1 aromatic carbocycles. The number of nitrogens with two attached hydrogens (primary N) is 1. The van der Waals surface area contributed by atoms with Crippen LogP contribution in [-0.4, -0.2) is 5.91 Å². The van der Waals surface area contributed by atoms with Gasteiger partial charge in [0.25, 0.3) is 0 Å². The highest BCUT2D eigenvalue weighted by molar-refractivity contribution is 9.08. The summed E-state index contributed by atoms with van der Waals surface area (Å²) in [5.74, 6) is -0.473. The highest BCUT2D eigenvalue weighted by Crippen LogP contribution is 2.14. The zero-order chi connectivity index (χ0) is 9.84. The van der Waals surface area contributed by atoms with Crippen LogP contribution >= 0.6 is 15.9 Å². The van der Waals surface area contributed by atoms with Crippen molar-refractivity contribution in [1.29, 1.82) is 5.26 Å². The number of rotatable bonds is 2. The van der Waals surface area contributed by atoms with Crippen molar-refractivity contribution in [2.24, 2.45) is 5.73 Å². The zero-order valence-corrected chi connectivity index (χ0v) is 8.34. The molecule has 13 heavy (non-hydrogen) atoms. The number of alkyl halides is 1. The Bertz CT molecular complexity index is 382. The Morgan fingerprint density at radius 3 is 2.77 bits per heavy atom. The van der Waals surface area contributed by atoms with Crippen LogP contribution in [0.1, 0.15) is 21.5 Å². The molecule has 2 N–H and O–H groups in total. The summed E-state index contributed by atoms with van der Waals surface area (Å²) in [7, 11) is 0. The number of hydrogen-bond donors (Lipinski definition) is 1. The lowest BCUT2D eigenvalue weighted by molar-refractivity contribution is 0.0999. The summed E-state index contributed by atoms with van der Waals surface area (Å²) in [6.45, 7) is 0. The van der Waals surface area contributed by atoms with Crippen LogP contribution in [0.4, 0.5) is 0 Å². The Morgan fingerprint density at radius 1 is 1.62 bits per heavy atom. The number of amides is 1. The van der Waals surface area contributed by atoms with E-state index in [2.05, 4.69) is 15.9 Å². The topological polar surface area (TPSA) is 66.9 Å². The molecule has 0 saturated heterocycles. The van der Waals surface area contributed by atoms with Crippen LogP contribution < -0.4 is 5.73 Å². The molecule has 1 rings (SSSR count). The number of hydrogen-bond acceptors (Lipinski definition) is 2. The van der Waals surface area contributed by atoms with Crippen LogP contribution in [0.25, 0.3) is 0 Å². The maximum Gasteiger partial charge on any atom is 0.249 e. The minimum atomic E-state index is -0.473. The molecular weight excluding hydrogens is 232 g/mol. The van der Waals surface area contributed by atoms with Gasteiger partial charge in [0.15, 0.2) is 0 Å². The van der Waals surface area contributed by atoms with E-state index in [4.69, 9.17) is 11.0 Å². The van der Waals surface area contributed by atoms with Crippen LogP contribution in [0.15, 0.2) is 18.2 Å². The maximum atomic E-state index is 10.9. The van der Waals surface area contributed by atoms with Gasteiger partial charge in [-0.25, -0.2) is 0 Å². The van der Waals surface area contributed by atoms with Crippen molar-refractivity contribution in [3.8, 4) is 6.07 Å². The largest absolute Gasteiger partial charge is 0.366 e. The van der Waals surface area contributed by atoms with Gasteiger partial charge in [-0.3, -0.25) is 4.79 Å². The van der Waals surface area contributed by atoms with Gasteiger partial charge in [-0.1, -0.05) is 15.9 Å². The first-order valence-electron chi connectivity index (χ1n) is 3.58. The van der Waals surface area contributed by atoms with Gasteiger partial charge < -0.3 is 5.73 Å². The molecule has 0 aromatic heterocycles. The Labute approximate surface area is 84.3 Å². The first-order chi connectivity index (χ1) is 6.19. The Morgan fingerprint density at radius 2 is 2.31 bits per heavy atom. The van der Waals surface area contributed by atoms with Crippen LogP contribution in [-0.2, 0) is 5.33 Å². The van der Waals surface area contributed by atoms with Gasteiger partial charge in [-0.2, -0.15) is 5.26 Å². The molecule has 4 heteroatoms. The molecule has 0 atom stereocenters. The average molecular weight is 239 g/mol. The molecule has 1 amide bonds. The molecular formula is C9H7BrN2O. The molecule has 0 aliphatic heterocycles. The minimum Gasteiger partial charge on any atom is -0.366 e. The molecule has 3 nitrogen and oxygen atoms in total. The summed E-state index contributed by atoms with van der Waals surface area (Å²) in [6, 6.07) is 6.79. The van der Waals surface area contributed by atoms with Crippen molar-refractivity contribution in [1.82, 2.24) is 0 Å². The van der Waals surface area contributed by atoms with E-state index in [0.29, 0.717) is 16.5 Å². The molecule has 0 aliphatic rings. The number of carbonyl (C=O) groups excluding carboxylic acids is 1. The Hall–Kier alpha value is -1.34. The first kappa shape index (κ1) is 9.75. The monoisotopic (exact) mass is 238 g/mol. The third kappa shape index (κ3) is 2.07. The van der Waals surface area contributed by atoms with Crippen molar-refractivity contribution in [2.75, 3.05) is 0 Å². The maximum absolute atomic E-state index is 10.9.